The predicted octanol–water partition coefficient (Wildman–Crippen LogP) is 1.71. The normalized spacial score (nSPS) is 22.6. The van der Waals surface area contributed by atoms with E-state index in [1.165, 1.54) is 4.90 Å². The van der Waals surface area contributed by atoms with Gasteiger partial charge in [-0.1, -0.05) is 15.9 Å². The molecular weight excluding hydrogens is 429 g/mol. The number of β-amino-alcohol motifs (C(OH)–C–C–N with tert-alkyl or cyclic N) is 1. The highest BCUT2D eigenvalue weighted by Crippen LogP contribution is 2.25. The van der Waals surface area contributed by atoms with Crippen LogP contribution in [0.1, 0.15) is 16.8 Å². The number of hydrogen-bond donors (Lipinski definition) is 2. The second kappa shape index (κ2) is 5.76. The molecule has 0 radical (unpaired) electrons. The van der Waals surface area contributed by atoms with Gasteiger partial charge in [-0.3, -0.25) is 4.79 Å². The van der Waals surface area contributed by atoms with E-state index in [-0.39, 0.29) is 18.9 Å². The summed E-state index contributed by atoms with van der Waals surface area (Å²) in [6.07, 6.45) is -0.707. The summed E-state index contributed by atoms with van der Waals surface area (Å²) in [6.45, 7) is 0.0540. The van der Waals surface area contributed by atoms with Crippen LogP contribution in [0.3, 0.4) is 0 Å². The molecule has 0 aromatic heterocycles. The van der Waals surface area contributed by atoms with Crippen molar-refractivity contribution >= 4 is 50.4 Å². The van der Waals surface area contributed by atoms with Crippen LogP contribution < -0.4 is 0 Å². The van der Waals surface area contributed by atoms with Crippen molar-refractivity contribution in [1.82, 2.24) is 4.90 Å². The third-order valence-corrected chi connectivity index (χ3v) is 4.42. The average molecular weight is 440 g/mol. The molecule has 1 heterocycles. The number of carboxylic acids is 1. The number of aliphatic carboxylic acids is 1. The lowest BCUT2D eigenvalue weighted by molar-refractivity contribution is -0.141. The summed E-state index contributed by atoms with van der Waals surface area (Å²) < 4.78 is 1.50. The molecule has 0 saturated carbocycles. The number of benzene rings is 1. The molecule has 0 bridgehead atoms. The SMILES string of the molecule is O=C(O)[C@@H]1C[C@@H](O)CN1C(=O)c1cc(Br)ccc1I. The highest BCUT2D eigenvalue weighted by molar-refractivity contribution is 14.1. The first-order valence-corrected chi connectivity index (χ1v) is 7.44. The number of rotatable bonds is 2. The minimum absolute atomic E-state index is 0.0540. The van der Waals surface area contributed by atoms with Crippen molar-refractivity contribution in [3.63, 3.8) is 0 Å². The predicted molar refractivity (Wildman–Crippen MR) is 79.9 cm³/mol. The second-order valence-electron chi connectivity index (χ2n) is 4.33. The Morgan fingerprint density at radius 1 is 1.42 bits per heavy atom. The summed E-state index contributed by atoms with van der Waals surface area (Å²) >= 11 is 5.32. The molecule has 2 rings (SSSR count). The van der Waals surface area contributed by atoms with Gasteiger partial charge in [-0.25, -0.2) is 4.79 Å². The molecule has 0 unspecified atom stereocenters. The van der Waals surface area contributed by atoms with Crippen LogP contribution in [-0.2, 0) is 4.79 Å². The zero-order valence-corrected chi connectivity index (χ0v) is 13.5. The zero-order chi connectivity index (χ0) is 14.2. The van der Waals surface area contributed by atoms with Gasteiger partial charge < -0.3 is 15.1 Å². The van der Waals surface area contributed by atoms with E-state index in [9.17, 15) is 14.7 Å². The van der Waals surface area contributed by atoms with Crippen LogP contribution in [0.2, 0.25) is 0 Å². The summed E-state index contributed by atoms with van der Waals surface area (Å²) in [4.78, 5) is 24.8. The number of carbonyl (C=O) groups is 2. The molecule has 1 saturated heterocycles. The van der Waals surface area contributed by atoms with E-state index in [0.717, 1.165) is 8.04 Å². The Morgan fingerprint density at radius 2 is 2.11 bits per heavy atom. The molecule has 1 aromatic rings. The zero-order valence-electron chi connectivity index (χ0n) is 9.72. The molecular formula is C12H11BrINO4. The quantitative estimate of drug-likeness (QED) is 0.688. The molecule has 1 aliphatic heterocycles. The molecule has 5 nitrogen and oxygen atoms in total. The molecule has 1 amide bonds. The molecule has 19 heavy (non-hydrogen) atoms. The smallest absolute Gasteiger partial charge is 0.326 e. The lowest BCUT2D eigenvalue weighted by atomic mass is 10.1. The van der Waals surface area contributed by atoms with Crippen LogP contribution in [0.15, 0.2) is 22.7 Å². The summed E-state index contributed by atoms with van der Waals surface area (Å²) in [5, 5.41) is 18.7. The Morgan fingerprint density at radius 3 is 2.74 bits per heavy atom. The Hall–Kier alpha value is -0.670. The fourth-order valence-corrected chi connectivity index (χ4v) is 3.02. The van der Waals surface area contributed by atoms with Crippen LogP contribution >= 0.6 is 38.5 Å². The third kappa shape index (κ3) is 3.09. The Balaban J connectivity index is 2.33. The Labute approximate surface area is 131 Å². The molecule has 2 atom stereocenters. The molecule has 1 fully saturated rings. The van der Waals surface area contributed by atoms with Crippen molar-refractivity contribution in [2.24, 2.45) is 0 Å². The maximum absolute atomic E-state index is 12.4. The van der Waals surface area contributed by atoms with Crippen molar-refractivity contribution in [3.05, 3.63) is 31.8 Å². The van der Waals surface area contributed by atoms with E-state index in [1.807, 2.05) is 28.7 Å². The highest BCUT2D eigenvalue weighted by Gasteiger charge is 2.39. The number of aliphatic hydroxyl groups is 1. The fraction of sp³-hybridized carbons (Fsp3) is 0.333. The van der Waals surface area contributed by atoms with Gasteiger partial charge in [0.25, 0.3) is 5.91 Å². The Bertz CT molecular complexity index is 536. The van der Waals surface area contributed by atoms with E-state index >= 15 is 0 Å². The van der Waals surface area contributed by atoms with E-state index in [4.69, 9.17) is 5.11 Å². The molecule has 1 aromatic carbocycles. The average Bonchev–Trinajstić information content (AvgIpc) is 2.74. The number of halogens is 2. The molecule has 0 aliphatic carbocycles. The van der Waals surface area contributed by atoms with Gasteiger partial charge in [0.05, 0.1) is 11.7 Å². The van der Waals surface area contributed by atoms with Crippen LogP contribution in [0, 0.1) is 3.57 Å². The first-order chi connectivity index (χ1) is 8.90. The second-order valence-corrected chi connectivity index (χ2v) is 6.40. The van der Waals surface area contributed by atoms with Gasteiger partial charge in [0, 0.05) is 21.0 Å². The third-order valence-electron chi connectivity index (χ3n) is 2.98. The number of carboxylic acid groups (broad SMARTS) is 1. The monoisotopic (exact) mass is 439 g/mol. The van der Waals surface area contributed by atoms with Crippen LogP contribution in [0.25, 0.3) is 0 Å². The van der Waals surface area contributed by atoms with Gasteiger partial charge in [-0.2, -0.15) is 0 Å². The number of nitrogens with zero attached hydrogens (tertiary/aromatic N) is 1. The van der Waals surface area contributed by atoms with Crippen LogP contribution in [0.4, 0.5) is 0 Å². The van der Waals surface area contributed by atoms with E-state index < -0.39 is 18.1 Å². The molecule has 7 heteroatoms. The summed E-state index contributed by atoms with van der Waals surface area (Å²) in [5.74, 6) is -1.45. The summed E-state index contributed by atoms with van der Waals surface area (Å²) in [6, 6.07) is 4.29. The minimum Gasteiger partial charge on any atom is -0.480 e. The number of hydrogen-bond acceptors (Lipinski definition) is 3. The molecule has 0 spiro atoms. The standard InChI is InChI=1S/C12H11BrINO4/c13-6-1-2-9(14)8(3-6)11(17)15-5-7(16)4-10(15)12(18)19/h1-3,7,10,16H,4-5H2,(H,18,19)/t7-,10+/m1/s1. The first-order valence-electron chi connectivity index (χ1n) is 5.57. The van der Waals surface area contributed by atoms with Crippen molar-refractivity contribution in [3.8, 4) is 0 Å². The van der Waals surface area contributed by atoms with E-state index in [0.29, 0.717) is 5.56 Å². The van der Waals surface area contributed by atoms with Crippen molar-refractivity contribution in [2.75, 3.05) is 6.54 Å². The largest absolute Gasteiger partial charge is 0.480 e. The van der Waals surface area contributed by atoms with Crippen LogP contribution in [-0.4, -0.2) is 45.7 Å². The van der Waals surface area contributed by atoms with Gasteiger partial charge >= 0.3 is 5.97 Å². The maximum atomic E-state index is 12.4. The number of carbonyl (C=O) groups excluding carboxylic acids is 1. The molecule has 1 aliphatic rings. The van der Waals surface area contributed by atoms with Crippen molar-refractivity contribution in [1.29, 1.82) is 0 Å². The van der Waals surface area contributed by atoms with Gasteiger partial charge in [0.15, 0.2) is 0 Å². The van der Waals surface area contributed by atoms with Crippen LogP contribution in [0.5, 0.6) is 0 Å². The van der Waals surface area contributed by atoms with E-state index in [1.54, 1.807) is 12.1 Å². The lowest BCUT2D eigenvalue weighted by Gasteiger charge is -2.21. The van der Waals surface area contributed by atoms with Crippen molar-refractivity contribution < 1.29 is 19.8 Å². The number of likely N-dealkylation sites (tertiary alicyclic amines) is 1. The number of aliphatic hydroxyl groups excluding tert-OH is 1. The number of amides is 1. The fourth-order valence-electron chi connectivity index (χ4n) is 2.09. The minimum atomic E-state index is -1.09. The topological polar surface area (TPSA) is 77.8 Å². The van der Waals surface area contributed by atoms with Gasteiger partial charge in [0.1, 0.15) is 6.04 Å². The lowest BCUT2D eigenvalue weighted by Crippen LogP contribution is -2.40. The highest BCUT2D eigenvalue weighted by atomic mass is 127. The first kappa shape index (κ1) is 14.7. The van der Waals surface area contributed by atoms with Gasteiger partial charge in [-0.05, 0) is 40.8 Å². The van der Waals surface area contributed by atoms with Gasteiger partial charge in [-0.15, -0.1) is 0 Å². The molecule has 2 N–H and O–H groups in total. The molecule has 102 valence electrons. The summed E-state index contributed by atoms with van der Waals surface area (Å²) in [7, 11) is 0. The van der Waals surface area contributed by atoms with Crippen molar-refractivity contribution in [2.45, 2.75) is 18.6 Å². The summed E-state index contributed by atoms with van der Waals surface area (Å²) in [5.41, 5.74) is 0.440. The van der Waals surface area contributed by atoms with Gasteiger partial charge in [0.2, 0.25) is 0 Å². The van der Waals surface area contributed by atoms with E-state index in [2.05, 4.69) is 15.9 Å². The Kier molecular flexibility index (Phi) is 4.46. The maximum Gasteiger partial charge on any atom is 0.326 e.